The van der Waals surface area contributed by atoms with Crippen molar-refractivity contribution in [1.82, 2.24) is 10.2 Å². The van der Waals surface area contributed by atoms with E-state index in [0.717, 1.165) is 16.5 Å². The predicted octanol–water partition coefficient (Wildman–Crippen LogP) is 2.80. The molecule has 0 aliphatic carbocycles. The van der Waals surface area contributed by atoms with Gasteiger partial charge in [-0.3, -0.25) is 9.89 Å². The second kappa shape index (κ2) is 4.90. The largest absolute Gasteiger partial charge is 0.322 e. The number of nitrogens with one attached hydrogen (secondary N) is 2. The van der Waals surface area contributed by atoms with Gasteiger partial charge in [-0.2, -0.15) is 5.10 Å². The van der Waals surface area contributed by atoms with Gasteiger partial charge in [-0.25, -0.2) is 0 Å². The molecule has 4 heteroatoms. The van der Waals surface area contributed by atoms with Gasteiger partial charge in [-0.15, -0.1) is 6.42 Å². The summed E-state index contributed by atoms with van der Waals surface area (Å²) >= 11 is 0. The summed E-state index contributed by atoms with van der Waals surface area (Å²) in [6.07, 6.45) is 7.03. The van der Waals surface area contributed by atoms with Gasteiger partial charge in [0, 0.05) is 16.6 Å². The minimum Gasteiger partial charge on any atom is -0.322 e. The Labute approximate surface area is 115 Å². The molecule has 0 unspecified atom stereocenters. The van der Waals surface area contributed by atoms with E-state index in [0.29, 0.717) is 11.3 Å². The van der Waals surface area contributed by atoms with Crippen LogP contribution in [0, 0.1) is 12.3 Å². The number of H-pyrrole nitrogens is 1. The van der Waals surface area contributed by atoms with Crippen molar-refractivity contribution in [3.8, 4) is 12.3 Å². The summed E-state index contributed by atoms with van der Waals surface area (Å²) in [5.41, 5.74) is 2.66. The summed E-state index contributed by atoms with van der Waals surface area (Å²) in [6.45, 7) is 0. The molecular weight excluding hydrogens is 250 g/mol. The van der Waals surface area contributed by atoms with E-state index in [1.54, 1.807) is 24.4 Å². The lowest BCUT2D eigenvalue weighted by Gasteiger charge is -2.06. The first kappa shape index (κ1) is 12.0. The maximum Gasteiger partial charge on any atom is 0.257 e. The van der Waals surface area contributed by atoms with E-state index in [4.69, 9.17) is 6.42 Å². The lowest BCUT2D eigenvalue weighted by Crippen LogP contribution is -2.12. The third kappa shape index (κ3) is 2.13. The molecule has 1 heterocycles. The molecule has 96 valence electrons. The molecule has 3 rings (SSSR count). The Morgan fingerprint density at radius 1 is 1.25 bits per heavy atom. The van der Waals surface area contributed by atoms with Crippen LogP contribution in [0.5, 0.6) is 0 Å². The molecule has 1 amide bonds. The van der Waals surface area contributed by atoms with Gasteiger partial charge in [0.1, 0.15) is 0 Å². The van der Waals surface area contributed by atoms with Crippen molar-refractivity contribution < 1.29 is 4.79 Å². The number of fused-ring (bicyclic) bond motifs is 1. The predicted molar refractivity (Wildman–Crippen MR) is 78.4 cm³/mol. The van der Waals surface area contributed by atoms with E-state index < -0.39 is 0 Å². The van der Waals surface area contributed by atoms with E-state index in [9.17, 15) is 4.79 Å². The minimum atomic E-state index is -0.200. The van der Waals surface area contributed by atoms with E-state index in [1.165, 1.54) is 0 Å². The van der Waals surface area contributed by atoms with Crippen molar-refractivity contribution in [3.05, 3.63) is 59.8 Å². The first-order valence-corrected chi connectivity index (χ1v) is 6.08. The molecule has 0 fully saturated rings. The van der Waals surface area contributed by atoms with Gasteiger partial charge < -0.3 is 5.32 Å². The van der Waals surface area contributed by atoms with E-state index in [1.807, 2.05) is 24.3 Å². The third-order valence-corrected chi connectivity index (χ3v) is 3.01. The number of rotatable bonds is 2. The zero-order valence-electron chi connectivity index (χ0n) is 10.6. The van der Waals surface area contributed by atoms with Crippen LogP contribution >= 0.6 is 0 Å². The number of nitrogens with zero attached hydrogens (tertiary/aromatic N) is 1. The summed E-state index contributed by atoms with van der Waals surface area (Å²) in [4.78, 5) is 12.3. The van der Waals surface area contributed by atoms with Gasteiger partial charge in [0.15, 0.2) is 0 Å². The molecule has 2 aromatic carbocycles. The van der Waals surface area contributed by atoms with Gasteiger partial charge in [0.25, 0.3) is 5.91 Å². The maximum atomic E-state index is 12.3. The summed E-state index contributed by atoms with van der Waals surface area (Å²) in [5, 5.41) is 10.5. The second-order valence-electron chi connectivity index (χ2n) is 4.32. The highest BCUT2D eigenvalue weighted by molar-refractivity contribution is 6.11. The van der Waals surface area contributed by atoms with Crippen LogP contribution in [0.2, 0.25) is 0 Å². The highest BCUT2D eigenvalue weighted by Crippen LogP contribution is 2.18. The Kier molecular flexibility index (Phi) is 2.94. The Morgan fingerprint density at radius 3 is 2.95 bits per heavy atom. The molecule has 0 aliphatic heterocycles. The van der Waals surface area contributed by atoms with E-state index in [2.05, 4.69) is 21.4 Å². The third-order valence-electron chi connectivity index (χ3n) is 3.01. The fraction of sp³-hybridized carbons (Fsp3) is 0. The number of para-hydroxylation sites is 1. The van der Waals surface area contributed by atoms with Crippen molar-refractivity contribution in [3.63, 3.8) is 0 Å². The Bertz CT molecular complexity index is 827. The van der Waals surface area contributed by atoms with Gasteiger partial charge in [-0.05, 0) is 24.3 Å². The van der Waals surface area contributed by atoms with Crippen molar-refractivity contribution in [2.45, 2.75) is 0 Å². The van der Waals surface area contributed by atoms with Crippen molar-refractivity contribution in [2.24, 2.45) is 0 Å². The Balaban J connectivity index is 1.93. The van der Waals surface area contributed by atoms with Gasteiger partial charge >= 0.3 is 0 Å². The van der Waals surface area contributed by atoms with Gasteiger partial charge in [0.05, 0.1) is 17.3 Å². The fourth-order valence-electron chi connectivity index (χ4n) is 2.04. The first-order chi connectivity index (χ1) is 9.78. The van der Waals surface area contributed by atoms with Crippen molar-refractivity contribution >= 4 is 22.5 Å². The maximum absolute atomic E-state index is 12.3. The van der Waals surface area contributed by atoms with E-state index >= 15 is 0 Å². The summed E-state index contributed by atoms with van der Waals surface area (Å²) in [5.74, 6) is 2.34. The van der Waals surface area contributed by atoms with Crippen LogP contribution in [0.1, 0.15) is 15.9 Å². The van der Waals surface area contributed by atoms with Gasteiger partial charge in [-0.1, -0.05) is 24.1 Å². The zero-order chi connectivity index (χ0) is 13.9. The standard InChI is InChI=1S/C16H11N3O/c1-2-11-5-3-7-13(9-11)18-16(20)14-8-4-6-12-10-17-19-15(12)14/h1,3-10H,(H,17,19)(H,18,20). The number of hydrogen-bond acceptors (Lipinski definition) is 2. The fourth-order valence-corrected chi connectivity index (χ4v) is 2.04. The van der Waals surface area contributed by atoms with Gasteiger partial charge in [0.2, 0.25) is 0 Å². The quantitative estimate of drug-likeness (QED) is 0.697. The molecule has 4 nitrogen and oxygen atoms in total. The number of aromatic nitrogens is 2. The molecule has 0 atom stereocenters. The number of benzene rings is 2. The summed E-state index contributed by atoms with van der Waals surface area (Å²) < 4.78 is 0. The van der Waals surface area contributed by atoms with Crippen LogP contribution in [0.3, 0.4) is 0 Å². The first-order valence-electron chi connectivity index (χ1n) is 6.08. The number of terminal acetylenes is 1. The van der Waals surface area contributed by atoms with Crippen LogP contribution in [0.4, 0.5) is 5.69 Å². The van der Waals surface area contributed by atoms with Crippen LogP contribution in [0.25, 0.3) is 10.9 Å². The average molecular weight is 261 g/mol. The summed E-state index contributed by atoms with van der Waals surface area (Å²) in [7, 11) is 0. The second-order valence-corrected chi connectivity index (χ2v) is 4.32. The highest BCUT2D eigenvalue weighted by Gasteiger charge is 2.11. The van der Waals surface area contributed by atoms with Crippen LogP contribution in [0.15, 0.2) is 48.7 Å². The number of anilines is 1. The molecule has 0 saturated heterocycles. The smallest absolute Gasteiger partial charge is 0.257 e. The average Bonchev–Trinajstić information content (AvgIpc) is 2.95. The van der Waals surface area contributed by atoms with E-state index in [-0.39, 0.29) is 5.91 Å². The van der Waals surface area contributed by atoms with Crippen molar-refractivity contribution in [2.75, 3.05) is 5.32 Å². The molecule has 2 N–H and O–H groups in total. The Hall–Kier alpha value is -3.06. The van der Waals surface area contributed by atoms with Crippen LogP contribution in [-0.2, 0) is 0 Å². The number of aromatic amines is 1. The van der Waals surface area contributed by atoms with Crippen LogP contribution < -0.4 is 5.32 Å². The normalized spacial score (nSPS) is 10.2. The molecular formula is C16H11N3O. The SMILES string of the molecule is C#Cc1cccc(NC(=O)c2cccc3cn[nH]c23)c1. The molecule has 20 heavy (non-hydrogen) atoms. The monoisotopic (exact) mass is 261 g/mol. The Morgan fingerprint density at radius 2 is 2.10 bits per heavy atom. The molecule has 3 aromatic rings. The highest BCUT2D eigenvalue weighted by atomic mass is 16.1. The lowest BCUT2D eigenvalue weighted by molar-refractivity contribution is 0.102. The number of hydrogen-bond donors (Lipinski definition) is 2. The number of amides is 1. The molecule has 0 bridgehead atoms. The van der Waals surface area contributed by atoms with Crippen molar-refractivity contribution in [1.29, 1.82) is 0 Å². The zero-order valence-corrected chi connectivity index (χ0v) is 10.6. The minimum absolute atomic E-state index is 0.200. The molecule has 1 aromatic heterocycles. The summed E-state index contributed by atoms with van der Waals surface area (Å²) in [6, 6.07) is 12.6. The molecule has 0 aliphatic rings. The molecule has 0 radical (unpaired) electrons. The topological polar surface area (TPSA) is 57.8 Å². The molecule has 0 spiro atoms. The number of carbonyl (C=O) groups excluding carboxylic acids is 1. The number of carbonyl (C=O) groups is 1. The molecule has 0 saturated carbocycles. The van der Waals surface area contributed by atoms with Crippen LogP contribution in [-0.4, -0.2) is 16.1 Å². The lowest BCUT2D eigenvalue weighted by atomic mass is 10.1.